The largest absolute Gasteiger partial charge is 0.465 e. The smallest absolute Gasteiger partial charge is 0.404 e. The highest BCUT2D eigenvalue weighted by Gasteiger charge is 2.36. The topological polar surface area (TPSA) is 78.4 Å². The Labute approximate surface area is 89.2 Å². The van der Waals surface area contributed by atoms with Crippen LogP contribution in [0.2, 0.25) is 0 Å². The van der Waals surface area contributed by atoms with Gasteiger partial charge < -0.3 is 15.7 Å². The predicted molar refractivity (Wildman–Crippen MR) is 55.6 cm³/mol. The maximum atomic E-state index is 11.5. The van der Waals surface area contributed by atoms with Crippen LogP contribution in [0.5, 0.6) is 0 Å². The second-order valence-electron chi connectivity index (χ2n) is 4.65. The van der Waals surface area contributed by atoms with E-state index < -0.39 is 6.09 Å². The molecule has 1 fully saturated rings. The third-order valence-corrected chi connectivity index (χ3v) is 2.59. The molecule has 5 nitrogen and oxygen atoms in total. The van der Waals surface area contributed by atoms with Crippen molar-refractivity contribution in [3.8, 4) is 0 Å². The third kappa shape index (κ3) is 3.77. The monoisotopic (exact) mass is 214 g/mol. The van der Waals surface area contributed by atoms with Crippen molar-refractivity contribution in [1.29, 1.82) is 0 Å². The van der Waals surface area contributed by atoms with Crippen molar-refractivity contribution >= 4 is 12.0 Å². The second kappa shape index (κ2) is 4.51. The molecule has 0 aromatic carbocycles. The van der Waals surface area contributed by atoms with Crippen molar-refractivity contribution in [2.45, 2.75) is 38.6 Å². The quantitative estimate of drug-likeness (QED) is 0.610. The molecule has 86 valence electrons. The summed E-state index contributed by atoms with van der Waals surface area (Å²) in [7, 11) is 0. The fourth-order valence-electron chi connectivity index (χ4n) is 1.97. The summed E-state index contributed by atoms with van der Waals surface area (Å²) in [6, 6.07) is 0. The van der Waals surface area contributed by atoms with Gasteiger partial charge in [0.2, 0.25) is 5.91 Å². The summed E-state index contributed by atoms with van der Waals surface area (Å²) < 4.78 is 0. The summed E-state index contributed by atoms with van der Waals surface area (Å²) in [5, 5.41) is 13.6. The van der Waals surface area contributed by atoms with Crippen molar-refractivity contribution in [3.05, 3.63) is 0 Å². The van der Waals surface area contributed by atoms with Gasteiger partial charge in [-0.15, -0.1) is 0 Å². The van der Waals surface area contributed by atoms with E-state index in [1.54, 1.807) is 0 Å². The number of hydrogen-bond acceptors (Lipinski definition) is 2. The molecule has 5 heteroatoms. The SMILES string of the molecule is CC1(C)CC(CCCNC(=O)O)C(=O)N1. The molecule has 0 aromatic rings. The van der Waals surface area contributed by atoms with Crippen LogP contribution in [0.4, 0.5) is 4.79 Å². The van der Waals surface area contributed by atoms with Gasteiger partial charge in [-0.1, -0.05) is 0 Å². The van der Waals surface area contributed by atoms with E-state index in [1.807, 2.05) is 13.8 Å². The maximum absolute atomic E-state index is 11.5. The molecule has 1 atom stereocenters. The van der Waals surface area contributed by atoms with Crippen LogP contribution in [0.15, 0.2) is 0 Å². The molecular formula is C10H18N2O3. The van der Waals surface area contributed by atoms with Crippen LogP contribution in [0.3, 0.4) is 0 Å². The normalized spacial score (nSPS) is 23.6. The zero-order valence-electron chi connectivity index (χ0n) is 9.17. The van der Waals surface area contributed by atoms with Crippen LogP contribution in [0.1, 0.15) is 33.1 Å². The zero-order chi connectivity index (χ0) is 11.5. The molecule has 2 amide bonds. The summed E-state index contributed by atoms with van der Waals surface area (Å²) in [4.78, 5) is 21.6. The Bertz CT molecular complexity index is 263. The Balaban J connectivity index is 2.22. The molecule has 0 spiro atoms. The molecule has 1 unspecified atom stereocenters. The highest BCUT2D eigenvalue weighted by atomic mass is 16.4. The van der Waals surface area contributed by atoms with Gasteiger partial charge in [0, 0.05) is 18.0 Å². The number of carboxylic acid groups (broad SMARTS) is 1. The van der Waals surface area contributed by atoms with E-state index in [4.69, 9.17) is 5.11 Å². The Morgan fingerprint density at radius 1 is 1.67 bits per heavy atom. The molecule has 0 bridgehead atoms. The van der Waals surface area contributed by atoms with Crippen molar-refractivity contribution in [1.82, 2.24) is 10.6 Å². The van der Waals surface area contributed by atoms with Crippen LogP contribution in [0.25, 0.3) is 0 Å². The lowest BCUT2D eigenvalue weighted by Gasteiger charge is -2.16. The molecule has 1 aliphatic rings. The first-order chi connectivity index (χ1) is 6.91. The number of carbonyl (C=O) groups is 2. The Hall–Kier alpha value is -1.26. The van der Waals surface area contributed by atoms with Gasteiger partial charge in [-0.3, -0.25) is 4.79 Å². The third-order valence-electron chi connectivity index (χ3n) is 2.59. The van der Waals surface area contributed by atoms with Crippen LogP contribution >= 0.6 is 0 Å². The number of rotatable bonds is 4. The average Bonchev–Trinajstić information content (AvgIpc) is 2.33. The lowest BCUT2D eigenvalue weighted by molar-refractivity contribution is -0.123. The lowest BCUT2D eigenvalue weighted by atomic mass is 9.93. The van der Waals surface area contributed by atoms with E-state index in [0.29, 0.717) is 13.0 Å². The number of nitrogens with one attached hydrogen (secondary N) is 2. The minimum atomic E-state index is -1.01. The summed E-state index contributed by atoms with van der Waals surface area (Å²) in [5.74, 6) is 0.130. The summed E-state index contributed by atoms with van der Waals surface area (Å²) in [5.41, 5.74) is -0.109. The molecule has 1 saturated heterocycles. The molecule has 0 aromatic heterocycles. The van der Waals surface area contributed by atoms with Gasteiger partial charge in [0.25, 0.3) is 0 Å². The van der Waals surface area contributed by atoms with Gasteiger partial charge in [-0.2, -0.15) is 0 Å². The number of carbonyl (C=O) groups excluding carboxylic acids is 1. The lowest BCUT2D eigenvalue weighted by Crippen LogP contribution is -2.34. The Kier molecular flexibility index (Phi) is 3.55. The first-order valence-electron chi connectivity index (χ1n) is 5.19. The molecule has 0 radical (unpaired) electrons. The van der Waals surface area contributed by atoms with E-state index in [2.05, 4.69) is 10.6 Å². The fraction of sp³-hybridized carbons (Fsp3) is 0.800. The van der Waals surface area contributed by atoms with Crippen LogP contribution in [-0.4, -0.2) is 29.2 Å². The average molecular weight is 214 g/mol. The van der Waals surface area contributed by atoms with Gasteiger partial charge in [-0.05, 0) is 33.1 Å². The highest BCUT2D eigenvalue weighted by Crippen LogP contribution is 2.27. The van der Waals surface area contributed by atoms with Crippen molar-refractivity contribution in [2.75, 3.05) is 6.54 Å². The van der Waals surface area contributed by atoms with Crippen molar-refractivity contribution in [3.63, 3.8) is 0 Å². The molecule has 1 aliphatic heterocycles. The molecule has 15 heavy (non-hydrogen) atoms. The van der Waals surface area contributed by atoms with Crippen LogP contribution < -0.4 is 10.6 Å². The minimum absolute atomic E-state index is 0.0376. The maximum Gasteiger partial charge on any atom is 0.404 e. The first-order valence-corrected chi connectivity index (χ1v) is 5.19. The van der Waals surface area contributed by atoms with E-state index >= 15 is 0 Å². The van der Waals surface area contributed by atoms with Crippen molar-refractivity contribution in [2.24, 2.45) is 5.92 Å². The van der Waals surface area contributed by atoms with E-state index in [0.717, 1.165) is 12.8 Å². The number of hydrogen-bond donors (Lipinski definition) is 3. The minimum Gasteiger partial charge on any atom is -0.465 e. The predicted octanol–water partition coefficient (Wildman–Crippen LogP) is 0.949. The molecule has 0 saturated carbocycles. The second-order valence-corrected chi connectivity index (χ2v) is 4.65. The van der Waals surface area contributed by atoms with Gasteiger partial charge >= 0.3 is 6.09 Å². The zero-order valence-corrected chi connectivity index (χ0v) is 9.17. The molecule has 1 heterocycles. The van der Waals surface area contributed by atoms with Gasteiger partial charge in [-0.25, -0.2) is 4.79 Å². The summed E-state index contributed by atoms with van der Waals surface area (Å²) in [6.45, 7) is 4.42. The molecule has 0 aliphatic carbocycles. The summed E-state index contributed by atoms with van der Waals surface area (Å²) in [6.07, 6.45) is 1.28. The molecule has 1 rings (SSSR count). The first kappa shape index (κ1) is 11.8. The van der Waals surface area contributed by atoms with Gasteiger partial charge in [0.05, 0.1) is 0 Å². The van der Waals surface area contributed by atoms with E-state index in [-0.39, 0.29) is 17.4 Å². The van der Waals surface area contributed by atoms with Crippen molar-refractivity contribution < 1.29 is 14.7 Å². The number of amides is 2. The Morgan fingerprint density at radius 2 is 2.33 bits per heavy atom. The van der Waals surface area contributed by atoms with Gasteiger partial charge in [0.15, 0.2) is 0 Å². The van der Waals surface area contributed by atoms with E-state index in [9.17, 15) is 9.59 Å². The van der Waals surface area contributed by atoms with Crippen LogP contribution in [-0.2, 0) is 4.79 Å². The summed E-state index contributed by atoms with van der Waals surface area (Å²) >= 11 is 0. The highest BCUT2D eigenvalue weighted by molar-refractivity contribution is 5.81. The molecule has 3 N–H and O–H groups in total. The van der Waals surface area contributed by atoms with Crippen LogP contribution in [0, 0.1) is 5.92 Å². The molecular weight excluding hydrogens is 196 g/mol. The standard InChI is InChI=1S/C10H18N2O3/c1-10(2)6-7(8(13)12-10)4-3-5-11-9(14)15/h7,11H,3-6H2,1-2H3,(H,12,13)(H,14,15). The Morgan fingerprint density at radius 3 is 2.80 bits per heavy atom. The van der Waals surface area contributed by atoms with E-state index in [1.165, 1.54) is 0 Å². The fourth-order valence-corrected chi connectivity index (χ4v) is 1.97. The van der Waals surface area contributed by atoms with Gasteiger partial charge in [0.1, 0.15) is 0 Å².